The number of benzene rings is 2. The second-order valence-corrected chi connectivity index (χ2v) is 10.8. The number of pyridine rings is 1. The molecule has 1 saturated heterocycles. The molecule has 1 atom stereocenters. The summed E-state index contributed by atoms with van der Waals surface area (Å²) in [4.78, 5) is 22.2. The SMILES string of the molecule is CC(=O)O.CC(=O)O.Fc1ccc([C@]2(CCNCc3ccccc3-c3ccncc3)CCOC3(CCCC3)C2)cc1. The van der Waals surface area contributed by atoms with Gasteiger partial charge in [-0.1, -0.05) is 49.2 Å². The summed E-state index contributed by atoms with van der Waals surface area (Å²) in [6.07, 6.45) is 11.6. The van der Waals surface area contributed by atoms with Gasteiger partial charge in [-0.05, 0) is 85.2 Å². The molecule has 1 saturated carbocycles. The molecule has 7 nitrogen and oxygen atoms in total. The summed E-state index contributed by atoms with van der Waals surface area (Å²) in [5.74, 6) is -1.83. The van der Waals surface area contributed by atoms with E-state index in [1.54, 1.807) is 12.1 Å². The lowest BCUT2D eigenvalue weighted by atomic mass is 9.66. The van der Waals surface area contributed by atoms with E-state index < -0.39 is 11.9 Å². The second-order valence-electron chi connectivity index (χ2n) is 10.8. The van der Waals surface area contributed by atoms with Crippen LogP contribution in [0.1, 0.15) is 69.9 Å². The molecule has 220 valence electrons. The molecule has 1 spiro atoms. The van der Waals surface area contributed by atoms with Crippen molar-refractivity contribution >= 4 is 11.9 Å². The smallest absolute Gasteiger partial charge is 0.300 e. The molecule has 3 N–H and O–H groups in total. The molecule has 1 aliphatic carbocycles. The van der Waals surface area contributed by atoms with Crippen LogP contribution in [0.4, 0.5) is 4.39 Å². The Hall–Kier alpha value is -3.62. The molecule has 8 heteroatoms. The van der Waals surface area contributed by atoms with Crippen LogP contribution in [0.15, 0.2) is 73.1 Å². The number of hydrogen-bond donors (Lipinski definition) is 3. The van der Waals surface area contributed by atoms with Crippen molar-refractivity contribution in [3.63, 3.8) is 0 Å². The minimum absolute atomic E-state index is 0.0145. The minimum Gasteiger partial charge on any atom is -0.481 e. The van der Waals surface area contributed by atoms with Gasteiger partial charge in [-0.2, -0.15) is 0 Å². The average Bonchev–Trinajstić information content (AvgIpc) is 3.38. The molecule has 41 heavy (non-hydrogen) atoms. The lowest BCUT2D eigenvalue weighted by Gasteiger charge is -2.47. The summed E-state index contributed by atoms with van der Waals surface area (Å²) in [5.41, 5.74) is 5.04. The summed E-state index contributed by atoms with van der Waals surface area (Å²) >= 11 is 0. The van der Waals surface area contributed by atoms with Gasteiger partial charge < -0.3 is 20.3 Å². The third kappa shape index (κ3) is 9.76. The van der Waals surface area contributed by atoms with Crippen LogP contribution in [-0.4, -0.2) is 45.9 Å². The zero-order valence-corrected chi connectivity index (χ0v) is 23.9. The van der Waals surface area contributed by atoms with Crippen molar-refractivity contribution in [1.82, 2.24) is 10.3 Å². The lowest BCUT2D eigenvalue weighted by Crippen LogP contribution is -2.47. The quantitative estimate of drug-likeness (QED) is 0.277. The van der Waals surface area contributed by atoms with E-state index in [4.69, 9.17) is 24.5 Å². The van der Waals surface area contributed by atoms with Gasteiger partial charge in [0, 0.05) is 44.8 Å². The van der Waals surface area contributed by atoms with Gasteiger partial charge in [-0.25, -0.2) is 4.39 Å². The number of hydrogen-bond acceptors (Lipinski definition) is 5. The third-order valence-electron chi connectivity index (χ3n) is 7.73. The Bertz CT molecular complexity index is 1230. The minimum atomic E-state index is -0.833. The number of carboxylic acid groups (broad SMARTS) is 2. The van der Waals surface area contributed by atoms with E-state index in [0.29, 0.717) is 0 Å². The van der Waals surface area contributed by atoms with Crippen LogP contribution in [0.3, 0.4) is 0 Å². The highest BCUT2D eigenvalue weighted by Gasteiger charge is 2.47. The zero-order chi connectivity index (χ0) is 29.7. The van der Waals surface area contributed by atoms with Gasteiger partial charge in [-0.15, -0.1) is 0 Å². The largest absolute Gasteiger partial charge is 0.481 e. The number of nitrogens with zero attached hydrogens (tertiary/aromatic N) is 1. The first-order chi connectivity index (χ1) is 19.6. The van der Waals surface area contributed by atoms with E-state index in [2.05, 4.69) is 46.7 Å². The standard InChI is InChI=1S/C29H33FN2O.2C2H4O2/c30-26-9-7-25(8-10-26)28(16-20-33-29(22-28)13-3-4-14-29)15-19-32-21-24-5-1-2-6-27(24)23-11-17-31-18-12-23;2*1-2(3)4/h1-2,5-12,17-18,32H,3-4,13-16,19-22H2;2*1H3,(H,3,4)/t28-;;/m1../s1. The second kappa shape index (κ2) is 15.4. The number of carbonyl (C=O) groups is 2. The fraction of sp³-hybridized carbons (Fsp3) is 0.424. The Kier molecular flexibility index (Phi) is 12.0. The summed E-state index contributed by atoms with van der Waals surface area (Å²) in [7, 11) is 0. The van der Waals surface area contributed by atoms with E-state index in [0.717, 1.165) is 65.6 Å². The molecule has 2 heterocycles. The Morgan fingerprint density at radius 2 is 1.54 bits per heavy atom. The molecule has 2 fully saturated rings. The number of nitrogens with one attached hydrogen (secondary N) is 1. The number of ether oxygens (including phenoxy) is 1. The van der Waals surface area contributed by atoms with Gasteiger partial charge in [0.15, 0.2) is 0 Å². The van der Waals surface area contributed by atoms with Gasteiger partial charge in [0.1, 0.15) is 5.82 Å². The van der Waals surface area contributed by atoms with E-state index in [1.807, 2.05) is 24.5 Å². The first-order valence-electron chi connectivity index (χ1n) is 14.1. The predicted octanol–water partition coefficient (Wildman–Crippen LogP) is 6.61. The van der Waals surface area contributed by atoms with Crippen LogP contribution in [0, 0.1) is 5.82 Å². The predicted molar refractivity (Wildman–Crippen MR) is 157 cm³/mol. The zero-order valence-electron chi connectivity index (χ0n) is 23.9. The lowest BCUT2D eigenvalue weighted by molar-refractivity contribution is -0.135. The maximum absolute atomic E-state index is 13.7. The van der Waals surface area contributed by atoms with Crippen LogP contribution >= 0.6 is 0 Å². The summed E-state index contributed by atoms with van der Waals surface area (Å²) in [6, 6.07) is 19.9. The molecular weight excluding hydrogens is 523 g/mol. The number of aromatic nitrogens is 1. The van der Waals surface area contributed by atoms with Crippen LogP contribution in [0.5, 0.6) is 0 Å². The van der Waals surface area contributed by atoms with Crippen molar-refractivity contribution in [3.05, 3.63) is 90.0 Å². The fourth-order valence-corrected chi connectivity index (χ4v) is 6.01. The molecule has 5 rings (SSSR count). The van der Waals surface area contributed by atoms with E-state index in [1.165, 1.54) is 35.1 Å². The first kappa shape index (κ1) is 31.9. The van der Waals surface area contributed by atoms with E-state index in [-0.39, 0.29) is 16.8 Å². The van der Waals surface area contributed by atoms with Gasteiger partial charge in [0.05, 0.1) is 5.60 Å². The van der Waals surface area contributed by atoms with Crippen LogP contribution < -0.4 is 5.32 Å². The monoisotopic (exact) mass is 564 g/mol. The molecule has 3 aromatic rings. The molecule has 2 aliphatic rings. The van der Waals surface area contributed by atoms with Crippen molar-refractivity contribution in [2.75, 3.05) is 13.2 Å². The topological polar surface area (TPSA) is 109 Å². The molecular formula is C33H41FN2O5. The Labute approximate surface area is 241 Å². The molecule has 0 amide bonds. The highest BCUT2D eigenvalue weighted by atomic mass is 19.1. The highest BCUT2D eigenvalue weighted by Crippen LogP contribution is 2.50. The number of aliphatic carboxylic acids is 2. The number of halogens is 1. The summed E-state index contributed by atoms with van der Waals surface area (Å²) in [5, 5.41) is 18.5. The van der Waals surface area contributed by atoms with E-state index in [9.17, 15) is 4.39 Å². The van der Waals surface area contributed by atoms with Crippen molar-refractivity contribution in [2.45, 2.75) is 76.4 Å². The van der Waals surface area contributed by atoms with Crippen LogP contribution in [0.2, 0.25) is 0 Å². The maximum Gasteiger partial charge on any atom is 0.300 e. The fourth-order valence-electron chi connectivity index (χ4n) is 6.01. The number of carboxylic acids is 2. The molecule has 2 aromatic carbocycles. The molecule has 0 bridgehead atoms. The van der Waals surface area contributed by atoms with Gasteiger partial charge in [-0.3, -0.25) is 14.6 Å². The average molecular weight is 565 g/mol. The Balaban J connectivity index is 0.000000515. The summed E-state index contributed by atoms with van der Waals surface area (Å²) < 4.78 is 20.1. The third-order valence-corrected chi connectivity index (χ3v) is 7.73. The molecule has 1 aromatic heterocycles. The molecule has 1 aliphatic heterocycles. The molecule has 0 unspecified atom stereocenters. The van der Waals surface area contributed by atoms with Crippen LogP contribution in [-0.2, 0) is 26.3 Å². The van der Waals surface area contributed by atoms with E-state index >= 15 is 0 Å². The van der Waals surface area contributed by atoms with Crippen molar-refractivity contribution in [1.29, 1.82) is 0 Å². The van der Waals surface area contributed by atoms with Crippen molar-refractivity contribution in [2.24, 2.45) is 0 Å². The highest BCUT2D eigenvalue weighted by molar-refractivity contribution is 5.66. The van der Waals surface area contributed by atoms with Crippen LogP contribution in [0.25, 0.3) is 11.1 Å². The first-order valence-corrected chi connectivity index (χ1v) is 14.1. The Morgan fingerprint density at radius 3 is 2.17 bits per heavy atom. The number of rotatable bonds is 7. The van der Waals surface area contributed by atoms with Gasteiger partial charge >= 0.3 is 0 Å². The van der Waals surface area contributed by atoms with Crippen molar-refractivity contribution < 1.29 is 28.9 Å². The van der Waals surface area contributed by atoms with Gasteiger partial charge in [0.25, 0.3) is 11.9 Å². The normalized spacial score (nSPS) is 18.9. The molecule has 0 radical (unpaired) electrons. The van der Waals surface area contributed by atoms with Gasteiger partial charge in [0.2, 0.25) is 0 Å². The maximum atomic E-state index is 13.7. The van der Waals surface area contributed by atoms with Crippen molar-refractivity contribution in [3.8, 4) is 11.1 Å². The summed E-state index contributed by atoms with van der Waals surface area (Å²) in [6.45, 7) is 4.69. The Morgan fingerprint density at radius 1 is 0.927 bits per heavy atom.